The van der Waals surface area contributed by atoms with Gasteiger partial charge in [-0.05, 0) is 38.0 Å². The first-order valence-electron chi connectivity index (χ1n) is 9.76. The van der Waals surface area contributed by atoms with Gasteiger partial charge in [-0.2, -0.15) is 0 Å². The van der Waals surface area contributed by atoms with Gasteiger partial charge in [-0.1, -0.05) is 38.3 Å². The third kappa shape index (κ3) is 9.67. The summed E-state index contributed by atoms with van der Waals surface area (Å²) in [6, 6.07) is 0. The predicted octanol–water partition coefficient (Wildman–Crippen LogP) is 3.91. The van der Waals surface area contributed by atoms with Gasteiger partial charge in [0, 0.05) is 25.2 Å². The molecule has 0 spiro atoms. The van der Waals surface area contributed by atoms with Crippen molar-refractivity contribution in [2.45, 2.75) is 89.8 Å². The Kier molecular flexibility index (Phi) is 11.3. The second kappa shape index (κ2) is 13.0. The molecular formula is C21H34O4. The Morgan fingerprint density at radius 3 is 2.72 bits per heavy atom. The molecule has 0 radical (unpaired) electrons. The Balaban J connectivity index is 2.34. The van der Waals surface area contributed by atoms with Crippen LogP contribution in [-0.2, 0) is 4.79 Å². The van der Waals surface area contributed by atoms with Crippen LogP contribution in [0, 0.1) is 23.7 Å². The van der Waals surface area contributed by atoms with Crippen LogP contribution in [0.3, 0.4) is 0 Å². The van der Waals surface area contributed by atoms with E-state index in [-0.39, 0.29) is 30.5 Å². The maximum atomic E-state index is 10.4. The normalized spacial score (nSPS) is 24.2. The zero-order valence-electron chi connectivity index (χ0n) is 15.5. The molecule has 4 nitrogen and oxygen atoms in total. The molecule has 25 heavy (non-hydrogen) atoms. The molecule has 0 heterocycles. The fourth-order valence-electron chi connectivity index (χ4n) is 3.34. The molecule has 1 fully saturated rings. The van der Waals surface area contributed by atoms with Crippen LogP contribution in [0.2, 0.25) is 0 Å². The molecular weight excluding hydrogens is 316 g/mol. The summed E-state index contributed by atoms with van der Waals surface area (Å²) in [5.41, 5.74) is 0. The Labute approximate surface area is 152 Å². The molecule has 1 aliphatic carbocycles. The van der Waals surface area contributed by atoms with Crippen LogP contribution in [0.25, 0.3) is 0 Å². The van der Waals surface area contributed by atoms with Crippen LogP contribution in [0.15, 0.2) is 12.2 Å². The Morgan fingerprint density at radius 1 is 1.20 bits per heavy atom. The second-order valence-electron chi connectivity index (χ2n) is 7.08. The average Bonchev–Trinajstić information content (AvgIpc) is 2.92. The van der Waals surface area contributed by atoms with Crippen LogP contribution in [0.5, 0.6) is 0 Å². The molecule has 142 valence electrons. The molecule has 0 bridgehead atoms. The molecule has 0 aromatic heterocycles. The predicted molar refractivity (Wildman–Crippen MR) is 100 cm³/mol. The van der Waals surface area contributed by atoms with Gasteiger partial charge in [0.1, 0.15) is 0 Å². The monoisotopic (exact) mass is 350 g/mol. The number of unbranched alkanes of at least 4 members (excludes halogenated alkanes) is 4. The minimum atomic E-state index is -0.756. The van der Waals surface area contributed by atoms with E-state index < -0.39 is 5.97 Å². The van der Waals surface area contributed by atoms with Crippen molar-refractivity contribution >= 4 is 5.97 Å². The molecule has 1 rings (SSSR count). The van der Waals surface area contributed by atoms with Gasteiger partial charge >= 0.3 is 5.97 Å². The number of rotatable bonds is 11. The van der Waals surface area contributed by atoms with Gasteiger partial charge in [-0.25, -0.2) is 0 Å². The maximum absolute atomic E-state index is 10.4. The van der Waals surface area contributed by atoms with Crippen molar-refractivity contribution in [2.24, 2.45) is 11.8 Å². The lowest BCUT2D eigenvalue weighted by Gasteiger charge is -2.17. The lowest BCUT2D eigenvalue weighted by atomic mass is 9.91. The highest BCUT2D eigenvalue weighted by molar-refractivity contribution is 5.66. The Morgan fingerprint density at radius 2 is 2.00 bits per heavy atom. The Hall–Kier alpha value is -1.31. The molecule has 0 aromatic rings. The lowest BCUT2D eigenvalue weighted by molar-refractivity contribution is -0.137. The van der Waals surface area contributed by atoms with E-state index in [1.54, 1.807) is 0 Å². The molecule has 0 aliphatic heterocycles. The first-order valence-corrected chi connectivity index (χ1v) is 9.76. The molecule has 3 N–H and O–H groups in total. The van der Waals surface area contributed by atoms with Crippen molar-refractivity contribution in [1.29, 1.82) is 0 Å². The molecule has 0 aromatic carbocycles. The quantitative estimate of drug-likeness (QED) is 0.300. The smallest absolute Gasteiger partial charge is 0.303 e. The minimum absolute atomic E-state index is 0.144. The fourth-order valence-corrected chi connectivity index (χ4v) is 3.34. The van der Waals surface area contributed by atoms with Gasteiger partial charge in [0.2, 0.25) is 0 Å². The summed E-state index contributed by atoms with van der Waals surface area (Å²) in [7, 11) is 0. The third-order valence-corrected chi connectivity index (χ3v) is 4.93. The summed E-state index contributed by atoms with van der Waals surface area (Å²) < 4.78 is 0. The highest BCUT2D eigenvalue weighted by Crippen LogP contribution is 2.35. The van der Waals surface area contributed by atoms with E-state index in [4.69, 9.17) is 5.11 Å². The molecule has 4 unspecified atom stereocenters. The Bertz CT molecular complexity index is 460. The summed E-state index contributed by atoms with van der Waals surface area (Å²) >= 11 is 0. The fraction of sp³-hybridized carbons (Fsp3) is 0.762. The molecule has 1 aliphatic rings. The highest BCUT2D eigenvalue weighted by atomic mass is 16.4. The zero-order valence-corrected chi connectivity index (χ0v) is 15.5. The van der Waals surface area contributed by atoms with Gasteiger partial charge in [-0.15, -0.1) is 11.8 Å². The summed E-state index contributed by atoms with van der Waals surface area (Å²) in [5.74, 6) is 5.93. The minimum Gasteiger partial charge on any atom is -0.481 e. The van der Waals surface area contributed by atoms with Gasteiger partial charge in [0.05, 0.1) is 12.2 Å². The van der Waals surface area contributed by atoms with Crippen LogP contribution in [0.4, 0.5) is 0 Å². The van der Waals surface area contributed by atoms with E-state index in [2.05, 4.69) is 24.8 Å². The highest BCUT2D eigenvalue weighted by Gasteiger charge is 2.32. The number of hydrogen-bond acceptors (Lipinski definition) is 3. The average molecular weight is 350 g/mol. The van der Waals surface area contributed by atoms with E-state index in [9.17, 15) is 15.0 Å². The van der Waals surface area contributed by atoms with Crippen molar-refractivity contribution in [1.82, 2.24) is 0 Å². The van der Waals surface area contributed by atoms with Crippen molar-refractivity contribution in [2.75, 3.05) is 0 Å². The summed E-state index contributed by atoms with van der Waals surface area (Å²) in [5, 5.41) is 28.8. The third-order valence-electron chi connectivity index (χ3n) is 4.93. The molecule has 1 saturated carbocycles. The van der Waals surface area contributed by atoms with E-state index in [0.717, 1.165) is 44.9 Å². The van der Waals surface area contributed by atoms with E-state index in [1.807, 2.05) is 6.08 Å². The zero-order chi connectivity index (χ0) is 18.5. The van der Waals surface area contributed by atoms with Crippen LogP contribution >= 0.6 is 0 Å². The number of hydrogen-bond donors (Lipinski definition) is 3. The summed E-state index contributed by atoms with van der Waals surface area (Å²) in [6.45, 7) is 2.15. The van der Waals surface area contributed by atoms with Gasteiger partial charge in [0.15, 0.2) is 0 Å². The van der Waals surface area contributed by atoms with Crippen LogP contribution in [0.1, 0.15) is 77.6 Å². The van der Waals surface area contributed by atoms with Gasteiger partial charge in [0.25, 0.3) is 0 Å². The molecule has 0 saturated heterocycles. The van der Waals surface area contributed by atoms with Crippen molar-refractivity contribution < 1.29 is 20.1 Å². The van der Waals surface area contributed by atoms with E-state index in [0.29, 0.717) is 19.3 Å². The van der Waals surface area contributed by atoms with Crippen LogP contribution in [-0.4, -0.2) is 33.5 Å². The SMILES string of the molecule is CCCCCC(O)/C=C/C1CCC(O)C1CC#CCCCCC(=O)O. The number of aliphatic carboxylic acids is 1. The maximum Gasteiger partial charge on any atom is 0.303 e. The van der Waals surface area contributed by atoms with E-state index in [1.165, 1.54) is 0 Å². The number of carboxylic acids is 1. The van der Waals surface area contributed by atoms with Gasteiger partial charge < -0.3 is 15.3 Å². The topological polar surface area (TPSA) is 77.8 Å². The lowest BCUT2D eigenvalue weighted by Crippen LogP contribution is -2.17. The summed E-state index contributed by atoms with van der Waals surface area (Å²) in [4.78, 5) is 10.4. The number of aliphatic hydroxyl groups is 2. The molecule has 4 atom stereocenters. The van der Waals surface area contributed by atoms with Crippen molar-refractivity contribution in [3.05, 3.63) is 12.2 Å². The number of carboxylic acid groups (broad SMARTS) is 1. The largest absolute Gasteiger partial charge is 0.481 e. The number of aliphatic hydroxyl groups excluding tert-OH is 2. The van der Waals surface area contributed by atoms with Crippen molar-refractivity contribution in [3.8, 4) is 11.8 Å². The molecule has 0 amide bonds. The first kappa shape index (κ1) is 21.7. The number of allylic oxidation sites excluding steroid dienone is 1. The van der Waals surface area contributed by atoms with Crippen molar-refractivity contribution in [3.63, 3.8) is 0 Å². The van der Waals surface area contributed by atoms with Gasteiger partial charge in [-0.3, -0.25) is 4.79 Å². The first-order chi connectivity index (χ1) is 12.0. The molecule has 4 heteroatoms. The standard InChI is InChI=1S/C21H34O4/c1-2-3-7-10-18(22)15-13-17-14-16-20(23)19(17)11-8-5-4-6-9-12-21(24)25/h13,15,17-20,22-23H,2-4,6-7,9-12,14,16H2,1H3,(H,24,25)/b15-13+. The van der Waals surface area contributed by atoms with Crippen LogP contribution < -0.4 is 0 Å². The second-order valence-corrected chi connectivity index (χ2v) is 7.08. The summed E-state index contributed by atoms with van der Waals surface area (Å²) in [6.07, 6.45) is 12.2. The van der Waals surface area contributed by atoms with E-state index >= 15 is 0 Å². The number of carbonyl (C=O) groups is 1.